The van der Waals surface area contributed by atoms with Crippen molar-refractivity contribution in [3.63, 3.8) is 0 Å². The van der Waals surface area contributed by atoms with Gasteiger partial charge in [-0.1, -0.05) is 32.0 Å². The average Bonchev–Trinajstić information content (AvgIpc) is 2.91. The van der Waals surface area contributed by atoms with Crippen LogP contribution in [0.5, 0.6) is 11.5 Å². The third kappa shape index (κ3) is 5.19. The molecule has 3 amide bonds. The predicted molar refractivity (Wildman–Crippen MR) is 121 cm³/mol. The molecule has 2 aromatic rings. The average molecular weight is 440 g/mol. The van der Waals surface area contributed by atoms with Crippen LogP contribution in [0.2, 0.25) is 0 Å². The van der Waals surface area contributed by atoms with Crippen molar-refractivity contribution < 1.29 is 23.9 Å². The molecule has 3 N–H and O–H groups in total. The molecule has 170 valence electrons. The summed E-state index contributed by atoms with van der Waals surface area (Å²) < 4.78 is 10.7. The Morgan fingerprint density at radius 2 is 1.78 bits per heavy atom. The largest absolute Gasteiger partial charge is 0.493 e. The zero-order valence-corrected chi connectivity index (χ0v) is 18.7. The van der Waals surface area contributed by atoms with Gasteiger partial charge in [0.25, 0.3) is 5.91 Å². The molecule has 2 aromatic carbocycles. The minimum Gasteiger partial charge on any atom is -0.493 e. The Bertz CT molecular complexity index is 1000. The molecule has 0 bridgehead atoms. The molecule has 3 rings (SSSR count). The van der Waals surface area contributed by atoms with Crippen LogP contribution in [0.3, 0.4) is 0 Å². The molecule has 0 aromatic heterocycles. The van der Waals surface area contributed by atoms with Crippen molar-refractivity contribution in [1.29, 1.82) is 0 Å². The number of para-hydroxylation sites is 1. The zero-order valence-electron chi connectivity index (χ0n) is 18.7. The van der Waals surface area contributed by atoms with Gasteiger partial charge in [-0.25, -0.2) is 0 Å². The third-order valence-electron chi connectivity index (χ3n) is 5.46. The number of carbonyl (C=O) groups excluding carboxylic acids is 3. The van der Waals surface area contributed by atoms with E-state index in [0.29, 0.717) is 22.7 Å². The molecule has 2 atom stereocenters. The van der Waals surface area contributed by atoms with Gasteiger partial charge in [-0.3, -0.25) is 14.4 Å². The lowest BCUT2D eigenvalue weighted by molar-refractivity contribution is -0.122. The Morgan fingerprint density at radius 1 is 1.06 bits per heavy atom. The smallest absolute Gasteiger partial charge is 0.254 e. The van der Waals surface area contributed by atoms with Gasteiger partial charge in [0.05, 0.1) is 31.5 Å². The van der Waals surface area contributed by atoms with Crippen LogP contribution in [0.25, 0.3) is 0 Å². The lowest BCUT2D eigenvalue weighted by Crippen LogP contribution is -2.42. The molecule has 0 unspecified atom stereocenters. The number of benzene rings is 2. The highest BCUT2D eigenvalue weighted by molar-refractivity contribution is 6.09. The van der Waals surface area contributed by atoms with Crippen LogP contribution in [0.1, 0.15) is 48.7 Å². The first-order chi connectivity index (χ1) is 15.3. The first-order valence-electron chi connectivity index (χ1n) is 10.6. The van der Waals surface area contributed by atoms with Gasteiger partial charge in [-0.05, 0) is 42.2 Å². The van der Waals surface area contributed by atoms with Crippen LogP contribution in [0.15, 0.2) is 42.5 Å². The molecular formula is C24H29N3O5. The second kappa shape index (κ2) is 10.2. The van der Waals surface area contributed by atoms with Crippen molar-refractivity contribution in [2.45, 2.75) is 38.8 Å². The molecule has 0 spiro atoms. The molecule has 0 fully saturated rings. The van der Waals surface area contributed by atoms with Gasteiger partial charge in [-0.15, -0.1) is 0 Å². The summed E-state index contributed by atoms with van der Waals surface area (Å²) in [6, 6.07) is 11.3. The molecule has 8 nitrogen and oxygen atoms in total. The van der Waals surface area contributed by atoms with E-state index < -0.39 is 6.04 Å². The van der Waals surface area contributed by atoms with Crippen molar-refractivity contribution >= 4 is 23.4 Å². The Hall–Kier alpha value is -3.55. The lowest BCUT2D eigenvalue weighted by atomic mass is 9.95. The molecule has 0 aliphatic carbocycles. The molecule has 0 saturated carbocycles. The predicted octanol–water partition coefficient (Wildman–Crippen LogP) is 3.05. The van der Waals surface area contributed by atoms with E-state index in [4.69, 9.17) is 9.47 Å². The van der Waals surface area contributed by atoms with Gasteiger partial charge in [0, 0.05) is 6.42 Å². The number of rotatable bonds is 8. The van der Waals surface area contributed by atoms with Gasteiger partial charge in [-0.2, -0.15) is 0 Å². The summed E-state index contributed by atoms with van der Waals surface area (Å²) in [6.45, 7) is 4.02. The maximum atomic E-state index is 12.7. The van der Waals surface area contributed by atoms with E-state index in [0.717, 1.165) is 5.56 Å². The number of fused-ring (bicyclic) bond motifs is 1. The highest BCUT2D eigenvalue weighted by Gasteiger charge is 2.28. The maximum Gasteiger partial charge on any atom is 0.254 e. The van der Waals surface area contributed by atoms with E-state index in [9.17, 15) is 14.4 Å². The first kappa shape index (κ1) is 23.1. The Balaban J connectivity index is 1.65. The Kier molecular flexibility index (Phi) is 7.35. The SMILES string of the molecule is COc1ccc([C@H](NC(=O)CC[C@@H]2NC(=O)c3ccccc3NC2=O)C(C)C)cc1OC. The fraction of sp³-hybridized carbons (Fsp3) is 0.375. The number of anilines is 1. The van der Waals surface area contributed by atoms with Crippen molar-refractivity contribution in [2.75, 3.05) is 19.5 Å². The van der Waals surface area contributed by atoms with Crippen LogP contribution in [-0.2, 0) is 9.59 Å². The second-order valence-electron chi connectivity index (χ2n) is 8.00. The minimum absolute atomic E-state index is 0.0885. The van der Waals surface area contributed by atoms with Crippen LogP contribution in [0.4, 0.5) is 5.69 Å². The molecule has 1 heterocycles. The Morgan fingerprint density at radius 3 is 2.47 bits per heavy atom. The number of methoxy groups -OCH3 is 2. The fourth-order valence-corrected chi connectivity index (χ4v) is 3.72. The van der Waals surface area contributed by atoms with Crippen molar-refractivity contribution in [3.05, 3.63) is 53.6 Å². The highest BCUT2D eigenvalue weighted by Crippen LogP contribution is 2.32. The lowest BCUT2D eigenvalue weighted by Gasteiger charge is -2.24. The summed E-state index contributed by atoms with van der Waals surface area (Å²) in [7, 11) is 3.13. The summed E-state index contributed by atoms with van der Waals surface area (Å²) in [5, 5.41) is 8.51. The summed E-state index contributed by atoms with van der Waals surface area (Å²) in [6.07, 6.45) is 0.277. The van der Waals surface area contributed by atoms with E-state index in [2.05, 4.69) is 16.0 Å². The van der Waals surface area contributed by atoms with E-state index in [1.165, 1.54) is 0 Å². The highest BCUT2D eigenvalue weighted by atomic mass is 16.5. The standard InChI is InChI=1S/C24H29N3O5/c1-14(2)22(15-9-11-19(31-3)20(13-15)32-4)27-21(28)12-10-18-24(30)25-17-8-6-5-7-16(17)23(29)26-18/h5-9,11,13-14,18,22H,10,12H2,1-4H3,(H,25,30)(H,26,29)(H,27,28)/t18-,22+/m0/s1. The van der Waals surface area contributed by atoms with Crippen molar-refractivity contribution in [1.82, 2.24) is 10.6 Å². The summed E-state index contributed by atoms with van der Waals surface area (Å²) in [5.74, 6) is 0.435. The van der Waals surface area contributed by atoms with E-state index in [1.54, 1.807) is 44.6 Å². The zero-order chi connectivity index (χ0) is 23.3. The van der Waals surface area contributed by atoms with Crippen LogP contribution < -0.4 is 25.4 Å². The summed E-state index contributed by atoms with van der Waals surface area (Å²) >= 11 is 0. The second-order valence-corrected chi connectivity index (χ2v) is 8.00. The molecule has 0 radical (unpaired) electrons. The van der Waals surface area contributed by atoms with E-state index in [-0.39, 0.29) is 42.5 Å². The van der Waals surface area contributed by atoms with Gasteiger partial charge >= 0.3 is 0 Å². The molecule has 32 heavy (non-hydrogen) atoms. The number of carbonyl (C=O) groups is 3. The third-order valence-corrected chi connectivity index (χ3v) is 5.46. The number of amides is 3. The van der Waals surface area contributed by atoms with E-state index in [1.807, 2.05) is 26.0 Å². The van der Waals surface area contributed by atoms with Crippen LogP contribution >= 0.6 is 0 Å². The number of ether oxygens (including phenoxy) is 2. The molecule has 0 saturated heterocycles. The Labute approximate surface area is 187 Å². The van der Waals surface area contributed by atoms with Crippen LogP contribution in [-0.4, -0.2) is 38.0 Å². The quantitative estimate of drug-likeness (QED) is 0.586. The molecule has 8 heteroatoms. The first-order valence-corrected chi connectivity index (χ1v) is 10.6. The maximum absolute atomic E-state index is 12.7. The molecule has 1 aliphatic heterocycles. The van der Waals surface area contributed by atoms with Crippen molar-refractivity contribution in [3.8, 4) is 11.5 Å². The van der Waals surface area contributed by atoms with Crippen LogP contribution in [0, 0.1) is 5.92 Å². The minimum atomic E-state index is -0.792. The number of hydrogen-bond acceptors (Lipinski definition) is 5. The van der Waals surface area contributed by atoms with Gasteiger partial charge in [0.2, 0.25) is 11.8 Å². The number of hydrogen-bond donors (Lipinski definition) is 3. The van der Waals surface area contributed by atoms with Gasteiger partial charge in [0.1, 0.15) is 6.04 Å². The topological polar surface area (TPSA) is 106 Å². The number of nitrogens with one attached hydrogen (secondary N) is 3. The fourth-order valence-electron chi connectivity index (χ4n) is 3.72. The monoisotopic (exact) mass is 439 g/mol. The van der Waals surface area contributed by atoms with Gasteiger partial charge in [0.15, 0.2) is 11.5 Å². The summed E-state index contributed by atoms with van der Waals surface area (Å²) in [4.78, 5) is 37.7. The molecular weight excluding hydrogens is 410 g/mol. The van der Waals surface area contributed by atoms with E-state index >= 15 is 0 Å². The summed E-state index contributed by atoms with van der Waals surface area (Å²) in [5.41, 5.74) is 1.76. The van der Waals surface area contributed by atoms with Crippen molar-refractivity contribution in [2.24, 2.45) is 5.92 Å². The normalized spacial score (nSPS) is 16.3. The molecule has 1 aliphatic rings. The van der Waals surface area contributed by atoms with Gasteiger partial charge < -0.3 is 25.4 Å².